The Morgan fingerprint density at radius 1 is 1.30 bits per heavy atom. The van der Waals surface area contributed by atoms with E-state index in [-0.39, 0.29) is 6.10 Å². The predicted octanol–water partition coefficient (Wildman–Crippen LogP) is 2.19. The molecule has 3 heteroatoms. The summed E-state index contributed by atoms with van der Waals surface area (Å²) in [7, 11) is 0. The molecule has 0 spiro atoms. The summed E-state index contributed by atoms with van der Waals surface area (Å²) in [6.45, 7) is 4.09. The van der Waals surface area contributed by atoms with E-state index in [9.17, 15) is 5.11 Å². The Hall–Kier alpha value is -1.06. The van der Waals surface area contributed by atoms with Gasteiger partial charge in [-0.1, -0.05) is 18.2 Å². The number of rotatable bonds is 4. The number of piperidine rings is 1. The number of β-amino-alcohol motifs (C(OH)–C–C–N with tert-alkyl or cyclic N) is 1. The summed E-state index contributed by atoms with van der Waals surface area (Å²) in [6, 6.07) is 8.64. The summed E-state index contributed by atoms with van der Waals surface area (Å²) in [5.41, 5.74) is 2.77. The lowest BCUT2D eigenvalue weighted by molar-refractivity contribution is 0.138. The van der Waals surface area contributed by atoms with Crippen molar-refractivity contribution in [2.75, 3.05) is 31.1 Å². The number of aryl methyl sites for hydroxylation is 1. The topological polar surface area (TPSA) is 35.5 Å². The second kappa shape index (κ2) is 6.59. The highest BCUT2D eigenvalue weighted by molar-refractivity contribution is 5.55. The van der Waals surface area contributed by atoms with Crippen LogP contribution in [0.2, 0.25) is 0 Å². The summed E-state index contributed by atoms with van der Waals surface area (Å²) in [5, 5.41) is 13.8. The highest BCUT2D eigenvalue weighted by Crippen LogP contribution is 2.27. The van der Waals surface area contributed by atoms with Crippen molar-refractivity contribution in [1.82, 2.24) is 5.32 Å². The second-order valence-electron chi connectivity index (χ2n) is 6.28. The molecule has 0 aromatic heterocycles. The fourth-order valence-electron chi connectivity index (χ4n) is 3.64. The van der Waals surface area contributed by atoms with Crippen molar-refractivity contribution in [1.29, 1.82) is 0 Å². The SMILES string of the molecule is O[C@H](C[C@H]1CCCNC1)CN1CCCc2ccccc21. The predicted molar refractivity (Wildman–Crippen MR) is 83.2 cm³/mol. The van der Waals surface area contributed by atoms with Gasteiger partial charge in [-0.3, -0.25) is 0 Å². The van der Waals surface area contributed by atoms with Crippen molar-refractivity contribution < 1.29 is 5.11 Å². The highest BCUT2D eigenvalue weighted by Gasteiger charge is 2.22. The van der Waals surface area contributed by atoms with Crippen LogP contribution in [-0.4, -0.2) is 37.4 Å². The number of para-hydroxylation sites is 1. The molecule has 1 fully saturated rings. The van der Waals surface area contributed by atoms with Crippen molar-refractivity contribution in [2.45, 2.75) is 38.2 Å². The Kier molecular flexibility index (Phi) is 4.58. The van der Waals surface area contributed by atoms with Gasteiger partial charge in [-0.05, 0) is 62.7 Å². The van der Waals surface area contributed by atoms with E-state index in [1.807, 2.05) is 0 Å². The van der Waals surface area contributed by atoms with Gasteiger partial charge in [-0.25, -0.2) is 0 Å². The van der Waals surface area contributed by atoms with Crippen LogP contribution in [-0.2, 0) is 6.42 Å². The maximum absolute atomic E-state index is 10.4. The molecule has 1 saturated heterocycles. The first-order chi connectivity index (χ1) is 9.83. The molecule has 2 aliphatic heterocycles. The van der Waals surface area contributed by atoms with Crippen molar-refractivity contribution in [3.8, 4) is 0 Å². The Labute approximate surface area is 122 Å². The van der Waals surface area contributed by atoms with Crippen LogP contribution in [0.25, 0.3) is 0 Å². The molecule has 3 nitrogen and oxygen atoms in total. The van der Waals surface area contributed by atoms with Crippen molar-refractivity contribution in [3.05, 3.63) is 29.8 Å². The number of anilines is 1. The minimum Gasteiger partial charge on any atom is -0.391 e. The third-order valence-corrected chi connectivity index (χ3v) is 4.64. The number of aliphatic hydroxyl groups excluding tert-OH is 1. The Morgan fingerprint density at radius 2 is 2.20 bits per heavy atom. The average molecular weight is 274 g/mol. The molecule has 0 amide bonds. The number of benzene rings is 1. The fraction of sp³-hybridized carbons (Fsp3) is 0.647. The van der Waals surface area contributed by atoms with E-state index < -0.39 is 0 Å². The normalized spacial score (nSPS) is 24.2. The van der Waals surface area contributed by atoms with Gasteiger partial charge in [0.1, 0.15) is 0 Å². The molecule has 2 heterocycles. The first-order valence-electron chi connectivity index (χ1n) is 8.04. The van der Waals surface area contributed by atoms with Gasteiger partial charge < -0.3 is 15.3 Å². The molecule has 0 saturated carbocycles. The molecule has 2 N–H and O–H groups in total. The van der Waals surface area contributed by atoms with Crippen LogP contribution in [0.15, 0.2) is 24.3 Å². The van der Waals surface area contributed by atoms with Crippen LogP contribution in [0.1, 0.15) is 31.2 Å². The second-order valence-corrected chi connectivity index (χ2v) is 6.28. The maximum atomic E-state index is 10.4. The number of nitrogens with one attached hydrogen (secondary N) is 1. The minimum atomic E-state index is -0.203. The zero-order valence-corrected chi connectivity index (χ0v) is 12.2. The smallest absolute Gasteiger partial charge is 0.0718 e. The first kappa shape index (κ1) is 13.9. The largest absolute Gasteiger partial charge is 0.391 e. The third kappa shape index (κ3) is 3.33. The molecule has 1 aromatic rings. The van der Waals surface area contributed by atoms with Gasteiger partial charge in [0.05, 0.1) is 6.10 Å². The summed E-state index contributed by atoms with van der Waals surface area (Å²) >= 11 is 0. The van der Waals surface area contributed by atoms with Crippen molar-refractivity contribution >= 4 is 5.69 Å². The quantitative estimate of drug-likeness (QED) is 0.883. The molecule has 0 unspecified atom stereocenters. The molecular formula is C17H26N2O. The molecule has 0 aliphatic carbocycles. The van der Waals surface area contributed by atoms with E-state index in [4.69, 9.17) is 0 Å². The highest BCUT2D eigenvalue weighted by atomic mass is 16.3. The zero-order valence-electron chi connectivity index (χ0n) is 12.2. The molecule has 0 bridgehead atoms. The van der Waals surface area contributed by atoms with Gasteiger partial charge in [0.25, 0.3) is 0 Å². The zero-order chi connectivity index (χ0) is 13.8. The van der Waals surface area contributed by atoms with Crippen LogP contribution < -0.4 is 10.2 Å². The van der Waals surface area contributed by atoms with Crippen LogP contribution >= 0.6 is 0 Å². The summed E-state index contributed by atoms with van der Waals surface area (Å²) in [4.78, 5) is 2.37. The molecule has 0 radical (unpaired) electrons. The number of fused-ring (bicyclic) bond motifs is 1. The van der Waals surface area contributed by atoms with Gasteiger partial charge in [0, 0.05) is 18.8 Å². The first-order valence-corrected chi connectivity index (χ1v) is 8.04. The summed E-state index contributed by atoms with van der Waals surface area (Å²) in [6.07, 6.45) is 5.63. The van der Waals surface area contributed by atoms with Crippen LogP contribution in [0.3, 0.4) is 0 Å². The molecule has 1 aromatic carbocycles. The lowest BCUT2D eigenvalue weighted by Gasteiger charge is -2.34. The summed E-state index contributed by atoms with van der Waals surface area (Å²) in [5.74, 6) is 0.652. The van der Waals surface area contributed by atoms with Crippen LogP contribution in [0.5, 0.6) is 0 Å². The number of hydrogen-bond donors (Lipinski definition) is 2. The molecular weight excluding hydrogens is 248 g/mol. The van der Waals surface area contributed by atoms with E-state index in [0.717, 1.165) is 32.6 Å². The maximum Gasteiger partial charge on any atom is 0.0718 e. The number of aliphatic hydroxyl groups is 1. The van der Waals surface area contributed by atoms with Crippen LogP contribution in [0, 0.1) is 5.92 Å². The fourth-order valence-corrected chi connectivity index (χ4v) is 3.64. The van der Waals surface area contributed by atoms with E-state index in [2.05, 4.69) is 34.5 Å². The van der Waals surface area contributed by atoms with E-state index >= 15 is 0 Å². The van der Waals surface area contributed by atoms with Gasteiger partial charge in [0.2, 0.25) is 0 Å². The number of hydrogen-bond acceptors (Lipinski definition) is 3. The standard InChI is InChI=1S/C17H26N2O/c20-16(11-14-5-3-9-18-12-14)13-19-10-4-7-15-6-1-2-8-17(15)19/h1-2,6,8,14,16,18,20H,3-5,7,9-13H2/t14-,16-/m1/s1. The molecule has 3 rings (SSSR count). The van der Waals surface area contributed by atoms with Crippen LogP contribution in [0.4, 0.5) is 5.69 Å². The minimum absolute atomic E-state index is 0.203. The lowest BCUT2D eigenvalue weighted by Crippen LogP contribution is -2.39. The Bertz CT molecular complexity index is 429. The molecule has 110 valence electrons. The van der Waals surface area contributed by atoms with Crippen molar-refractivity contribution in [3.63, 3.8) is 0 Å². The Morgan fingerprint density at radius 3 is 3.05 bits per heavy atom. The molecule has 2 aliphatic rings. The van der Waals surface area contributed by atoms with Gasteiger partial charge in [0.15, 0.2) is 0 Å². The lowest BCUT2D eigenvalue weighted by atomic mass is 9.93. The molecule has 20 heavy (non-hydrogen) atoms. The Balaban J connectivity index is 1.57. The van der Waals surface area contributed by atoms with E-state index in [1.54, 1.807) is 0 Å². The molecule has 2 atom stereocenters. The summed E-state index contributed by atoms with van der Waals surface area (Å²) < 4.78 is 0. The van der Waals surface area contributed by atoms with Crippen molar-refractivity contribution in [2.24, 2.45) is 5.92 Å². The van der Waals surface area contributed by atoms with Gasteiger partial charge >= 0.3 is 0 Å². The van der Waals surface area contributed by atoms with E-state index in [0.29, 0.717) is 5.92 Å². The average Bonchev–Trinajstić information content (AvgIpc) is 2.48. The van der Waals surface area contributed by atoms with E-state index in [1.165, 1.54) is 36.9 Å². The van der Waals surface area contributed by atoms with Gasteiger partial charge in [-0.15, -0.1) is 0 Å². The van der Waals surface area contributed by atoms with Gasteiger partial charge in [-0.2, -0.15) is 0 Å². The monoisotopic (exact) mass is 274 g/mol. The third-order valence-electron chi connectivity index (χ3n) is 4.64. The number of nitrogens with zero attached hydrogens (tertiary/aromatic N) is 1.